The highest BCUT2D eigenvalue weighted by atomic mass is 16.7. The molecule has 216 valence electrons. The van der Waals surface area contributed by atoms with Crippen molar-refractivity contribution in [2.45, 2.75) is 62.6 Å². The predicted octanol–water partition coefficient (Wildman–Crippen LogP) is 0.752. The van der Waals surface area contributed by atoms with Gasteiger partial charge in [0.2, 0.25) is 17.5 Å². The van der Waals surface area contributed by atoms with Crippen LogP contribution in [0.15, 0.2) is 71.7 Å². The summed E-state index contributed by atoms with van der Waals surface area (Å²) in [5.74, 6) is -2.99. The fourth-order valence-corrected chi connectivity index (χ4v) is 5.42. The van der Waals surface area contributed by atoms with Crippen LogP contribution in [-0.4, -0.2) is 90.3 Å². The van der Waals surface area contributed by atoms with Crippen LogP contribution in [0.5, 0.6) is 5.75 Å². The molecule has 2 aliphatic heterocycles. The van der Waals surface area contributed by atoms with Crippen LogP contribution in [0.25, 0.3) is 0 Å². The third-order valence-electron chi connectivity index (χ3n) is 7.50. The van der Waals surface area contributed by atoms with Crippen LogP contribution in [-0.2, 0) is 9.53 Å². The molecule has 3 unspecified atom stereocenters. The highest BCUT2D eigenvalue weighted by Crippen LogP contribution is 2.40. The molecule has 1 saturated heterocycles. The number of aliphatic carboxylic acids is 1. The molecule has 6 atom stereocenters. The third kappa shape index (κ3) is 5.22. The monoisotopic (exact) mass is 565 g/mol. The molecule has 12 heteroatoms. The van der Waals surface area contributed by atoms with Crippen molar-refractivity contribution in [3.05, 3.63) is 93.9 Å². The van der Waals surface area contributed by atoms with Crippen LogP contribution in [0, 0.1) is 0 Å². The quantitative estimate of drug-likeness (QED) is 0.320. The lowest BCUT2D eigenvalue weighted by atomic mass is 9.83. The Kier molecular flexibility index (Phi) is 7.91. The van der Waals surface area contributed by atoms with E-state index in [0.717, 1.165) is 17.3 Å². The van der Waals surface area contributed by atoms with Crippen molar-refractivity contribution >= 4 is 11.9 Å². The lowest BCUT2D eigenvalue weighted by molar-refractivity contribution is -0.271. The second kappa shape index (κ2) is 11.4. The van der Waals surface area contributed by atoms with Gasteiger partial charge in [-0.15, -0.1) is 0 Å². The topological polar surface area (TPSA) is 172 Å². The number of carbonyl (C=O) groups excluding carboxylic acids is 1. The molecule has 0 radical (unpaired) electrons. The number of aromatic nitrogens is 2. The zero-order valence-electron chi connectivity index (χ0n) is 22.3. The Bertz CT molecular complexity index is 1420. The van der Waals surface area contributed by atoms with E-state index in [4.69, 9.17) is 9.47 Å². The van der Waals surface area contributed by atoms with Crippen molar-refractivity contribution in [2.75, 3.05) is 6.54 Å². The molecule has 41 heavy (non-hydrogen) atoms. The highest BCUT2D eigenvalue weighted by Gasteiger charge is 2.49. The summed E-state index contributed by atoms with van der Waals surface area (Å²) in [6, 6.07) is 18.5. The van der Waals surface area contributed by atoms with Crippen molar-refractivity contribution in [3.63, 3.8) is 0 Å². The van der Waals surface area contributed by atoms with Crippen molar-refractivity contribution in [1.82, 2.24) is 14.7 Å². The summed E-state index contributed by atoms with van der Waals surface area (Å²) in [6.45, 7) is 3.92. The Morgan fingerprint density at radius 3 is 2.07 bits per heavy atom. The van der Waals surface area contributed by atoms with Gasteiger partial charge >= 0.3 is 5.97 Å². The second-order valence-corrected chi connectivity index (χ2v) is 10.4. The molecule has 0 saturated carbocycles. The van der Waals surface area contributed by atoms with Crippen molar-refractivity contribution < 1.29 is 39.5 Å². The van der Waals surface area contributed by atoms with Gasteiger partial charge < -0.3 is 34.8 Å². The average Bonchev–Trinajstić information content (AvgIpc) is 2.96. The van der Waals surface area contributed by atoms with E-state index in [1.54, 1.807) is 4.90 Å². The SMILES string of the molecule is CC(C)N1C[C@H](C(c2ccccc2)c2ccccc2)n2ncc(=O)c(O[C@@H]3OC(C(=O)O)C(O)C(O)[C@@H]3O)c2C1=O. The number of hydrogen-bond donors (Lipinski definition) is 4. The van der Waals surface area contributed by atoms with E-state index in [1.807, 2.05) is 74.5 Å². The summed E-state index contributed by atoms with van der Waals surface area (Å²) in [5, 5.41) is 44.6. The number of fused-ring (bicyclic) bond motifs is 1. The number of benzene rings is 2. The van der Waals surface area contributed by atoms with E-state index in [-0.39, 0.29) is 24.2 Å². The molecule has 2 aliphatic rings. The van der Waals surface area contributed by atoms with E-state index >= 15 is 0 Å². The number of aliphatic hydroxyl groups is 3. The van der Waals surface area contributed by atoms with Crippen LogP contribution in [0.2, 0.25) is 0 Å². The molecule has 0 aliphatic carbocycles. The number of carboxylic acids is 1. The Balaban J connectivity index is 1.65. The summed E-state index contributed by atoms with van der Waals surface area (Å²) in [7, 11) is 0. The minimum atomic E-state index is -1.95. The largest absolute Gasteiger partial charge is 0.479 e. The lowest BCUT2D eigenvalue weighted by Crippen LogP contribution is -2.61. The molecule has 2 aromatic carbocycles. The van der Waals surface area contributed by atoms with E-state index in [9.17, 15) is 34.8 Å². The summed E-state index contributed by atoms with van der Waals surface area (Å²) in [4.78, 5) is 40.2. The minimum absolute atomic E-state index is 0.206. The number of carbonyl (C=O) groups is 2. The van der Waals surface area contributed by atoms with E-state index in [0.29, 0.717) is 0 Å². The van der Waals surface area contributed by atoms with Gasteiger partial charge in [-0.1, -0.05) is 60.7 Å². The first-order chi connectivity index (χ1) is 19.6. The summed E-state index contributed by atoms with van der Waals surface area (Å²) in [6.07, 6.45) is -8.68. The van der Waals surface area contributed by atoms with Crippen molar-refractivity contribution in [1.29, 1.82) is 0 Å². The summed E-state index contributed by atoms with van der Waals surface area (Å²) >= 11 is 0. The minimum Gasteiger partial charge on any atom is -0.479 e. The first-order valence-corrected chi connectivity index (χ1v) is 13.2. The van der Waals surface area contributed by atoms with Gasteiger partial charge in [-0.3, -0.25) is 14.3 Å². The number of carboxylic acid groups (broad SMARTS) is 1. The van der Waals surface area contributed by atoms with Gasteiger partial charge in [0.05, 0.1) is 12.2 Å². The fraction of sp³-hybridized carbons (Fsp3) is 0.379. The molecule has 0 spiro atoms. The normalized spacial score (nSPS) is 26.2. The zero-order chi connectivity index (χ0) is 29.4. The maximum atomic E-state index is 13.8. The Labute approximate surface area is 235 Å². The van der Waals surface area contributed by atoms with Gasteiger partial charge in [-0.2, -0.15) is 5.10 Å². The molecule has 3 heterocycles. The standard InChI is InChI=1S/C29H31N3O9/c1-15(2)31-14-18(20(16-9-5-3-6-10-16)17-11-7-4-8-12-17)32-21(27(31)37)25(19(33)13-30-32)40-29-24(36)22(34)23(35)26(41-29)28(38)39/h3-13,15,18,20,22-24,26,29,34-36H,14H2,1-2H3,(H,38,39)/t18-,22?,23?,24+,26?,29-/m1/s1. The van der Waals surface area contributed by atoms with Crippen LogP contribution < -0.4 is 10.2 Å². The highest BCUT2D eigenvalue weighted by molar-refractivity contribution is 5.96. The molecular weight excluding hydrogens is 534 g/mol. The first kappa shape index (κ1) is 28.4. The average molecular weight is 566 g/mol. The van der Waals surface area contributed by atoms with Gasteiger partial charge in [0, 0.05) is 18.5 Å². The lowest BCUT2D eigenvalue weighted by Gasteiger charge is -2.42. The van der Waals surface area contributed by atoms with Gasteiger partial charge in [-0.25, -0.2) is 4.79 Å². The Morgan fingerprint density at radius 2 is 1.54 bits per heavy atom. The molecule has 4 N–H and O–H groups in total. The number of nitrogens with zero attached hydrogens (tertiary/aromatic N) is 3. The molecular formula is C29H31N3O9. The van der Waals surface area contributed by atoms with E-state index in [1.165, 1.54) is 4.68 Å². The summed E-state index contributed by atoms with van der Waals surface area (Å²) in [5.41, 5.74) is 0.877. The predicted molar refractivity (Wildman–Crippen MR) is 143 cm³/mol. The van der Waals surface area contributed by atoms with Crippen molar-refractivity contribution in [2.24, 2.45) is 0 Å². The molecule has 5 rings (SSSR count). The van der Waals surface area contributed by atoms with Crippen LogP contribution in [0.3, 0.4) is 0 Å². The molecule has 1 amide bonds. The van der Waals surface area contributed by atoms with Crippen LogP contribution >= 0.6 is 0 Å². The number of rotatable bonds is 7. The van der Waals surface area contributed by atoms with Crippen LogP contribution in [0.1, 0.15) is 47.4 Å². The van der Waals surface area contributed by atoms with Crippen molar-refractivity contribution in [3.8, 4) is 5.75 Å². The van der Waals surface area contributed by atoms with Gasteiger partial charge in [0.1, 0.15) is 18.3 Å². The Morgan fingerprint density at radius 1 is 0.951 bits per heavy atom. The second-order valence-electron chi connectivity index (χ2n) is 10.4. The third-order valence-corrected chi connectivity index (χ3v) is 7.50. The van der Waals surface area contributed by atoms with Gasteiger partial charge in [0.15, 0.2) is 11.8 Å². The van der Waals surface area contributed by atoms with E-state index < -0.39 is 59.8 Å². The maximum Gasteiger partial charge on any atom is 0.335 e. The number of amides is 1. The van der Waals surface area contributed by atoms with E-state index in [2.05, 4.69) is 5.10 Å². The molecule has 1 fully saturated rings. The number of hydrogen-bond acceptors (Lipinski definition) is 9. The van der Waals surface area contributed by atoms with Gasteiger partial charge in [-0.05, 0) is 25.0 Å². The molecule has 1 aromatic heterocycles. The number of aliphatic hydroxyl groups excluding tert-OH is 3. The number of ether oxygens (including phenoxy) is 2. The Hall–Kier alpha value is -4.10. The molecule has 0 bridgehead atoms. The smallest absolute Gasteiger partial charge is 0.335 e. The molecule has 3 aromatic rings. The maximum absolute atomic E-state index is 13.8. The molecule has 12 nitrogen and oxygen atoms in total. The summed E-state index contributed by atoms with van der Waals surface area (Å²) < 4.78 is 12.4. The van der Waals surface area contributed by atoms with Crippen LogP contribution in [0.4, 0.5) is 0 Å². The zero-order valence-corrected chi connectivity index (χ0v) is 22.3. The fourth-order valence-electron chi connectivity index (χ4n) is 5.42. The first-order valence-electron chi connectivity index (χ1n) is 13.2. The van der Waals surface area contributed by atoms with Gasteiger partial charge in [0.25, 0.3) is 5.91 Å².